The fourth-order valence-electron chi connectivity index (χ4n) is 3.83. The molecule has 0 aliphatic heterocycles. The van der Waals surface area contributed by atoms with Gasteiger partial charge in [0, 0.05) is 42.4 Å². The summed E-state index contributed by atoms with van der Waals surface area (Å²) in [5.41, 5.74) is 5.50. The van der Waals surface area contributed by atoms with E-state index in [9.17, 15) is 4.79 Å². The molecule has 0 saturated heterocycles. The van der Waals surface area contributed by atoms with E-state index < -0.39 is 0 Å². The number of halogens is 1. The van der Waals surface area contributed by atoms with Crippen molar-refractivity contribution in [3.05, 3.63) is 112 Å². The molecule has 1 heterocycles. The molecule has 0 radical (unpaired) electrons. The maximum absolute atomic E-state index is 12.9. The summed E-state index contributed by atoms with van der Waals surface area (Å²) in [5, 5.41) is 14.5. The standard InChI is InChI=1S/C28H25ClN4O/c1-32(27(34)16-15-21-11-13-22(17-30)14-12-21)18-25-20-33(19-24-9-5-6-10-26(24)29)31-28(25)23-7-3-2-4-8-23/h2-14,20H,15-16,18-19H2,1H3. The number of aromatic nitrogens is 2. The van der Waals surface area contributed by atoms with Gasteiger partial charge in [-0.1, -0.05) is 72.3 Å². The molecule has 3 aromatic carbocycles. The molecule has 0 saturated carbocycles. The number of nitriles is 1. The zero-order valence-corrected chi connectivity index (χ0v) is 19.7. The third-order valence-corrected chi connectivity index (χ3v) is 6.09. The lowest BCUT2D eigenvalue weighted by atomic mass is 10.1. The Balaban J connectivity index is 1.49. The van der Waals surface area contributed by atoms with E-state index in [4.69, 9.17) is 22.0 Å². The lowest BCUT2D eigenvalue weighted by molar-refractivity contribution is -0.130. The second-order valence-corrected chi connectivity index (χ2v) is 8.62. The number of aryl methyl sites for hydroxylation is 1. The molecule has 4 aromatic rings. The van der Waals surface area contributed by atoms with Gasteiger partial charge in [0.2, 0.25) is 5.91 Å². The van der Waals surface area contributed by atoms with Crippen molar-refractivity contribution in [1.29, 1.82) is 5.26 Å². The Morgan fingerprint density at radius 2 is 1.71 bits per heavy atom. The first kappa shape index (κ1) is 23.3. The predicted octanol–water partition coefficient (Wildman–Crippen LogP) is 5.71. The minimum Gasteiger partial charge on any atom is -0.341 e. The van der Waals surface area contributed by atoms with Crippen LogP contribution in [0.4, 0.5) is 0 Å². The lowest BCUT2D eigenvalue weighted by Crippen LogP contribution is -2.26. The van der Waals surface area contributed by atoms with Gasteiger partial charge in [-0.15, -0.1) is 0 Å². The second kappa shape index (κ2) is 10.8. The minimum atomic E-state index is 0.0576. The Kier molecular flexibility index (Phi) is 7.41. The number of amides is 1. The fourth-order valence-corrected chi connectivity index (χ4v) is 4.03. The van der Waals surface area contributed by atoms with Crippen molar-refractivity contribution in [2.24, 2.45) is 0 Å². The molecular formula is C28H25ClN4O. The third-order valence-electron chi connectivity index (χ3n) is 5.72. The smallest absolute Gasteiger partial charge is 0.222 e. The molecule has 1 amide bonds. The molecular weight excluding hydrogens is 444 g/mol. The Hall–Kier alpha value is -3.88. The summed E-state index contributed by atoms with van der Waals surface area (Å²) in [5.74, 6) is 0.0576. The van der Waals surface area contributed by atoms with Crippen LogP contribution in [0.1, 0.15) is 28.7 Å². The molecule has 1 aromatic heterocycles. The van der Waals surface area contributed by atoms with Crippen molar-refractivity contribution in [3.8, 4) is 17.3 Å². The number of hydrogen-bond acceptors (Lipinski definition) is 3. The monoisotopic (exact) mass is 468 g/mol. The van der Waals surface area contributed by atoms with Crippen molar-refractivity contribution >= 4 is 17.5 Å². The van der Waals surface area contributed by atoms with Gasteiger partial charge >= 0.3 is 0 Å². The molecule has 0 aliphatic rings. The van der Waals surface area contributed by atoms with Crippen LogP contribution >= 0.6 is 11.6 Å². The molecule has 0 aliphatic carbocycles. The highest BCUT2D eigenvalue weighted by Crippen LogP contribution is 2.25. The van der Waals surface area contributed by atoms with Gasteiger partial charge in [0.1, 0.15) is 0 Å². The van der Waals surface area contributed by atoms with Crippen molar-refractivity contribution in [2.75, 3.05) is 7.05 Å². The summed E-state index contributed by atoms with van der Waals surface area (Å²) < 4.78 is 1.88. The second-order valence-electron chi connectivity index (χ2n) is 8.22. The number of carbonyl (C=O) groups is 1. The normalized spacial score (nSPS) is 10.6. The van der Waals surface area contributed by atoms with Gasteiger partial charge in [0.05, 0.1) is 23.9 Å². The SMILES string of the molecule is CN(Cc1cn(Cc2ccccc2Cl)nc1-c1ccccc1)C(=O)CCc1ccc(C#N)cc1. The van der Waals surface area contributed by atoms with Gasteiger partial charge in [-0.3, -0.25) is 9.48 Å². The maximum Gasteiger partial charge on any atom is 0.222 e. The molecule has 0 bridgehead atoms. The lowest BCUT2D eigenvalue weighted by Gasteiger charge is -2.17. The highest BCUT2D eigenvalue weighted by Gasteiger charge is 2.17. The number of nitrogens with zero attached hydrogens (tertiary/aromatic N) is 4. The summed E-state index contributed by atoms with van der Waals surface area (Å²) in [6, 6.07) is 27.2. The number of rotatable bonds is 8. The van der Waals surface area contributed by atoms with Crippen LogP contribution < -0.4 is 0 Å². The van der Waals surface area contributed by atoms with Gasteiger partial charge in [-0.25, -0.2) is 0 Å². The third kappa shape index (κ3) is 5.72. The molecule has 6 heteroatoms. The van der Waals surface area contributed by atoms with Gasteiger partial charge in [0.15, 0.2) is 0 Å². The summed E-state index contributed by atoms with van der Waals surface area (Å²) >= 11 is 6.36. The van der Waals surface area contributed by atoms with Crippen LogP contribution in [0.15, 0.2) is 85.1 Å². The van der Waals surface area contributed by atoms with Crippen LogP contribution in [-0.2, 0) is 24.3 Å². The van der Waals surface area contributed by atoms with E-state index in [1.54, 1.807) is 17.0 Å². The van der Waals surface area contributed by atoms with Crippen LogP contribution in [0.2, 0.25) is 5.02 Å². The maximum atomic E-state index is 12.9. The molecule has 170 valence electrons. The van der Waals surface area contributed by atoms with Crippen LogP contribution in [0.25, 0.3) is 11.3 Å². The summed E-state index contributed by atoms with van der Waals surface area (Å²) in [4.78, 5) is 14.6. The minimum absolute atomic E-state index is 0.0576. The van der Waals surface area contributed by atoms with E-state index in [1.807, 2.05) is 84.7 Å². The largest absolute Gasteiger partial charge is 0.341 e. The number of carbonyl (C=O) groups excluding carboxylic acids is 1. The molecule has 0 N–H and O–H groups in total. The molecule has 0 fully saturated rings. The summed E-state index contributed by atoms with van der Waals surface area (Å²) in [7, 11) is 1.82. The summed E-state index contributed by atoms with van der Waals surface area (Å²) in [6.45, 7) is 1.01. The van der Waals surface area contributed by atoms with Crippen molar-refractivity contribution < 1.29 is 4.79 Å². The van der Waals surface area contributed by atoms with E-state index in [2.05, 4.69) is 6.07 Å². The Morgan fingerprint density at radius 3 is 2.41 bits per heavy atom. The zero-order chi connectivity index (χ0) is 23.9. The Bertz CT molecular complexity index is 1310. The van der Waals surface area contributed by atoms with E-state index in [0.717, 1.165) is 27.9 Å². The average molecular weight is 469 g/mol. The molecule has 34 heavy (non-hydrogen) atoms. The average Bonchev–Trinajstić information content (AvgIpc) is 3.26. The predicted molar refractivity (Wildman–Crippen MR) is 134 cm³/mol. The van der Waals surface area contributed by atoms with Crippen molar-refractivity contribution in [3.63, 3.8) is 0 Å². The van der Waals surface area contributed by atoms with Crippen LogP contribution in [-0.4, -0.2) is 27.6 Å². The van der Waals surface area contributed by atoms with Crippen LogP contribution in [0, 0.1) is 11.3 Å². The van der Waals surface area contributed by atoms with Gasteiger partial charge < -0.3 is 4.90 Å². The Labute approximate surface area is 204 Å². The van der Waals surface area contributed by atoms with Crippen molar-refractivity contribution in [2.45, 2.75) is 25.9 Å². The van der Waals surface area contributed by atoms with Crippen molar-refractivity contribution in [1.82, 2.24) is 14.7 Å². The molecule has 0 unspecified atom stereocenters. The molecule has 0 atom stereocenters. The molecule has 0 spiro atoms. The zero-order valence-electron chi connectivity index (χ0n) is 19.0. The molecule has 5 nitrogen and oxygen atoms in total. The van der Waals surface area contributed by atoms with E-state index in [-0.39, 0.29) is 5.91 Å². The summed E-state index contributed by atoms with van der Waals surface area (Å²) in [6.07, 6.45) is 3.03. The fraction of sp³-hybridized carbons (Fsp3) is 0.179. The number of hydrogen-bond donors (Lipinski definition) is 0. The highest BCUT2D eigenvalue weighted by atomic mass is 35.5. The topological polar surface area (TPSA) is 61.9 Å². The van der Waals surface area contributed by atoms with E-state index in [0.29, 0.717) is 36.5 Å². The molecule has 4 rings (SSSR count). The van der Waals surface area contributed by atoms with Crippen LogP contribution in [0.5, 0.6) is 0 Å². The first-order valence-corrected chi connectivity index (χ1v) is 11.5. The van der Waals surface area contributed by atoms with Gasteiger partial charge in [-0.2, -0.15) is 10.4 Å². The first-order valence-electron chi connectivity index (χ1n) is 11.1. The quantitative estimate of drug-likeness (QED) is 0.332. The Morgan fingerprint density at radius 1 is 1.00 bits per heavy atom. The highest BCUT2D eigenvalue weighted by molar-refractivity contribution is 6.31. The van der Waals surface area contributed by atoms with Gasteiger partial charge in [-0.05, 0) is 35.7 Å². The first-order chi connectivity index (χ1) is 16.5. The van der Waals surface area contributed by atoms with E-state index in [1.165, 1.54) is 0 Å². The van der Waals surface area contributed by atoms with Crippen LogP contribution in [0.3, 0.4) is 0 Å². The van der Waals surface area contributed by atoms with Gasteiger partial charge in [0.25, 0.3) is 0 Å². The number of benzene rings is 3. The van der Waals surface area contributed by atoms with E-state index >= 15 is 0 Å².